The molecule has 35 heavy (non-hydrogen) atoms. The van der Waals surface area contributed by atoms with Gasteiger partial charge in [-0.05, 0) is 48.6 Å². The smallest absolute Gasteiger partial charge is 0.242 e. The van der Waals surface area contributed by atoms with Gasteiger partial charge in [0.05, 0.1) is 19.3 Å². The Morgan fingerprint density at radius 1 is 1.06 bits per heavy atom. The highest BCUT2D eigenvalue weighted by molar-refractivity contribution is 8.00. The summed E-state index contributed by atoms with van der Waals surface area (Å²) in [6.45, 7) is 2.67. The second kappa shape index (κ2) is 10.4. The Balaban J connectivity index is 1.47. The van der Waals surface area contributed by atoms with Crippen LogP contribution in [-0.4, -0.2) is 27.8 Å². The molecule has 1 N–H and O–H groups in total. The fourth-order valence-electron chi connectivity index (χ4n) is 4.07. The van der Waals surface area contributed by atoms with Crippen LogP contribution in [0.25, 0.3) is 0 Å². The number of hydrogen-bond acceptors (Lipinski definition) is 5. The maximum absolute atomic E-state index is 13.7. The second-order valence-electron chi connectivity index (χ2n) is 8.79. The predicted molar refractivity (Wildman–Crippen MR) is 139 cm³/mol. The number of methoxy groups -OCH3 is 1. The van der Waals surface area contributed by atoms with Crippen LogP contribution in [0.1, 0.15) is 46.5 Å². The standard InChI is InChI=1S/C28H28N4O2S/c1-19-13-16-24(34-2)23(17-19)29-27(33)25(21-11-7-4-8-12-21)35-28-31-30-26(22-14-15-22)32(28)18-20-9-5-3-6-10-20/h3-13,16-17,22,25H,14-15,18H2,1-2H3,(H,29,33). The molecule has 0 radical (unpaired) electrons. The van der Waals surface area contributed by atoms with Gasteiger partial charge in [0.1, 0.15) is 16.8 Å². The molecule has 0 saturated heterocycles. The number of thioether (sulfide) groups is 1. The van der Waals surface area contributed by atoms with Gasteiger partial charge in [0.25, 0.3) is 0 Å². The zero-order valence-electron chi connectivity index (χ0n) is 19.8. The summed E-state index contributed by atoms with van der Waals surface area (Å²) in [5.74, 6) is 1.95. The van der Waals surface area contributed by atoms with Gasteiger partial charge in [-0.25, -0.2) is 0 Å². The molecule has 1 aliphatic rings. The Bertz CT molecular complexity index is 1300. The number of carbonyl (C=O) groups excluding carboxylic acids is 1. The molecule has 0 spiro atoms. The SMILES string of the molecule is COc1ccc(C)cc1NC(=O)C(Sc1nnc(C2CC2)n1Cc1ccccc1)c1ccccc1. The van der Waals surface area contributed by atoms with Crippen molar-refractivity contribution in [3.8, 4) is 5.75 Å². The van der Waals surface area contributed by atoms with E-state index in [0.717, 1.165) is 34.9 Å². The van der Waals surface area contributed by atoms with Gasteiger partial charge in [-0.15, -0.1) is 10.2 Å². The zero-order valence-corrected chi connectivity index (χ0v) is 20.7. The molecule has 5 rings (SSSR count). The minimum atomic E-state index is -0.507. The summed E-state index contributed by atoms with van der Waals surface area (Å²) in [7, 11) is 1.61. The lowest BCUT2D eigenvalue weighted by Gasteiger charge is -2.19. The zero-order chi connectivity index (χ0) is 24.2. The lowest BCUT2D eigenvalue weighted by Crippen LogP contribution is -2.20. The maximum Gasteiger partial charge on any atom is 0.242 e. The third kappa shape index (κ3) is 5.41. The Morgan fingerprint density at radius 2 is 1.77 bits per heavy atom. The van der Waals surface area contributed by atoms with E-state index >= 15 is 0 Å². The van der Waals surface area contributed by atoms with Crippen molar-refractivity contribution in [1.29, 1.82) is 0 Å². The third-order valence-electron chi connectivity index (χ3n) is 6.05. The summed E-state index contributed by atoms with van der Waals surface area (Å²) in [4.78, 5) is 13.7. The third-order valence-corrected chi connectivity index (χ3v) is 7.28. The quantitative estimate of drug-likeness (QED) is 0.295. The van der Waals surface area contributed by atoms with E-state index in [2.05, 4.69) is 32.2 Å². The predicted octanol–water partition coefficient (Wildman–Crippen LogP) is 5.99. The molecule has 1 fully saturated rings. The summed E-state index contributed by atoms with van der Waals surface area (Å²) in [5, 5.41) is 12.4. The van der Waals surface area contributed by atoms with E-state index in [9.17, 15) is 4.79 Å². The van der Waals surface area contributed by atoms with E-state index in [4.69, 9.17) is 4.74 Å². The van der Waals surface area contributed by atoms with Gasteiger partial charge in [0.2, 0.25) is 5.91 Å². The number of amides is 1. The number of nitrogens with one attached hydrogen (secondary N) is 1. The molecule has 0 aliphatic heterocycles. The maximum atomic E-state index is 13.7. The minimum absolute atomic E-state index is 0.132. The molecule has 1 unspecified atom stereocenters. The van der Waals surface area contributed by atoms with E-state index in [0.29, 0.717) is 23.9 Å². The average Bonchev–Trinajstić information content (AvgIpc) is 3.65. The molecule has 1 atom stereocenters. The Morgan fingerprint density at radius 3 is 2.46 bits per heavy atom. The van der Waals surface area contributed by atoms with Gasteiger partial charge < -0.3 is 14.6 Å². The lowest BCUT2D eigenvalue weighted by molar-refractivity contribution is -0.115. The lowest BCUT2D eigenvalue weighted by atomic mass is 10.1. The molecule has 6 nitrogen and oxygen atoms in total. The largest absolute Gasteiger partial charge is 0.495 e. The van der Waals surface area contributed by atoms with Crippen LogP contribution >= 0.6 is 11.8 Å². The summed E-state index contributed by atoms with van der Waals surface area (Å²) in [6.07, 6.45) is 2.26. The molecule has 0 bridgehead atoms. The van der Waals surface area contributed by atoms with Crippen molar-refractivity contribution in [1.82, 2.24) is 14.8 Å². The molecule has 1 amide bonds. The van der Waals surface area contributed by atoms with Crippen molar-refractivity contribution in [2.75, 3.05) is 12.4 Å². The van der Waals surface area contributed by atoms with E-state index in [1.807, 2.05) is 73.7 Å². The van der Waals surface area contributed by atoms with Crippen LogP contribution in [0.2, 0.25) is 0 Å². The summed E-state index contributed by atoms with van der Waals surface area (Å²) in [6, 6.07) is 25.9. The van der Waals surface area contributed by atoms with Crippen LogP contribution in [0.4, 0.5) is 5.69 Å². The topological polar surface area (TPSA) is 69.0 Å². The van der Waals surface area contributed by atoms with E-state index in [1.54, 1.807) is 7.11 Å². The van der Waals surface area contributed by atoms with Crippen LogP contribution in [0.5, 0.6) is 5.75 Å². The summed E-state index contributed by atoms with van der Waals surface area (Å²) in [5.41, 5.74) is 3.79. The van der Waals surface area contributed by atoms with Crippen molar-refractivity contribution >= 4 is 23.4 Å². The van der Waals surface area contributed by atoms with Gasteiger partial charge in [-0.2, -0.15) is 0 Å². The van der Waals surface area contributed by atoms with E-state index in [-0.39, 0.29) is 5.91 Å². The van der Waals surface area contributed by atoms with Gasteiger partial charge in [-0.3, -0.25) is 4.79 Å². The minimum Gasteiger partial charge on any atom is -0.495 e. The molecule has 1 saturated carbocycles. The van der Waals surface area contributed by atoms with Crippen molar-refractivity contribution in [2.45, 2.75) is 42.6 Å². The average molecular weight is 485 g/mol. The Hall–Kier alpha value is -3.58. The highest BCUT2D eigenvalue weighted by Gasteiger charge is 2.32. The number of anilines is 1. The molecule has 1 aliphatic carbocycles. The number of carbonyl (C=O) groups is 1. The molecule has 7 heteroatoms. The highest BCUT2D eigenvalue weighted by atomic mass is 32.2. The van der Waals surface area contributed by atoms with Crippen molar-refractivity contribution < 1.29 is 9.53 Å². The number of benzene rings is 3. The van der Waals surface area contributed by atoms with Crippen LogP contribution < -0.4 is 10.1 Å². The molecule has 3 aromatic carbocycles. The van der Waals surface area contributed by atoms with E-state index in [1.165, 1.54) is 17.3 Å². The number of rotatable bonds is 9. The van der Waals surface area contributed by atoms with Crippen molar-refractivity contribution in [3.05, 3.63) is 101 Å². The first kappa shape index (κ1) is 23.2. The van der Waals surface area contributed by atoms with Crippen LogP contribution in [0.3, 0.4) is 0 Å². The van der Waals surface area contributed by atoms with Crippen LogP contribution in [0.15, 0.2) is 84.0 Å². The van der Waals surface area contributed by atoms with E-state index < -0.39 is 5.25 Å². The number of aryl methyl sites for hydroxylation is 1. The number of nitrogens with zero attached hydrogens (tertiary/aromatic N) is 3. The molecule has 4 aromatic rings. The van der Waals surface area contributed by atoms with Gasteiger partial charge in [-0.1, -0.05) is 78.5 Å². The highest BCUT2D eigenvalue weighted by Crippen LogP contribution is 2.42. The first-order valence-electron chi connectivity index (χ1n) is 11.8. The summed E-state index contributed by atoms with van der Waals surface area (Å²) < 4.78 is 7.65. The monoisotopic (exact) mass is 484 g/mol. The fourth-order valence-corrected chi connectivity index (χ4v) is 5.11. The van der Waals surface area contributed by atoms with Gasteiger partial charge in [0.15, 0.2) is 5.16 Å². The second-order valence-corrected chi connectivity index (χ2v) is 9.86. The first-order chi connectivity index (χ1) is 17.1. The Labute approximate surface area is 209 Å². The number of hydrogen-bond donors (Lipinski definition) is 1. The fraction of sp³-hybridized carbons (Fsp3) is 0.250. The van der Waals surface area contributed by atoms with Crippen LogP contribution in [-0.2, 0) is 11.3 Å². The molecular formula is C28H28N4O2S. The normalized spacial score (nSPS) is 13.9. The van der Waals surface area contributed by atoms with Gasteiger partial charge in [0, 0.05) is 5.92 Å². The summed E-state index contributed by atoms with van der Waals surface area (Å²) >= 11 is 1.44. The molecule has 178 valence electrons. The Kier molecular flexibility index (Phi) is 6.86. The molecule has 1 heterocycles. The van der Waals surface area contributed by atoms with Crippen molar-refractivity contribution in [2.24, 2.45) is 0 Å². The van der Waals surface area contributed by atoms with Crippen molar-refractivity contribution in [3.63, 3.8) is 0 Å². The van der Waals surface area contributed by atoms with Crippen LogP contribution in [0, 0.1) is 6.92 Å². The molecular weight excluding hydrogens is 456 g/mol. The molecule has 1 aromatic heterocycles. The first-order valence-corrected chi connectivity index (χ1v) is 12.6. The van der Waals surface area contributed by atoms with Gasteiger partial charge >= 0.3 is 0 Å². The number of ether oxygens (including phenoxy) is 1. The number of aromatic nitrogens is 3.